The van der Waals surface area contributed by atoms with Crippen molar-refractivity contribution in [2.75, 3.05) is 6.54 Å². The summed E-state index contributed by atoms with van der Waals surface area (Å²) in [5, 5.41) is 4.04. The van der Waals surface area contributed by atoms with Gasteiger partial charge in [0, 0.05) is 31.0 Å². The number of halogens is 1. The molecule has 0 bridgehead atoms. The van der Waals surface area contributed by atoms with Crippen LogP contribution in [0, 0.1) is 5.82 Å². The fourth-order valence-corrected chi connectivity index (χ4v) is 3.37. The lowest BCUT2D eigenvalue weighted by atomic mass is 10.1. The molecule has 2 aromatic carbocycles. The van der Waals surface area contributed by atoms with E-state index in [1.54, 1.807) is 17.0 Å². The van der Waals surface area contributed by atoms with Crippen LogP contribution in [0.1, 0.15) is 37.6 Å². The number of nitrogens with zero attached hydrogens (tertiary/aromatic N) is 3. The summed E-state index contributed by atoms with van der Waals surface area (Å²) in [7, 11) is 0. The predicted molar refractivity (Wildman–Crippen MR) is 105 cm³/mol. The zero-order valence-electron chi connectivity index (χ0n) is 16.3. The van der Waals surface area contributed by atoms with Crippen LogP contribution in [-0.4, -0.2) is 33.6 Å². The minimum Gasteiger partial charge on any atom is -0.491 e. The molecule has 1 fully saturated rings. The molecule has 1 amide bonds. The van der Waals surface area contributed by atoms with Gasteiger partial charge in [-0.2, -0.15) is 4.98 Å². The average Bonchev–Trinajstić information content (AvgIpc) is 3.31. The zero-order chi connectivity index (χ0) is 20.4. The lowest BCUT2D eigenvalue weighted by Crippen LogP contribution is -2.24. The number of hydrogen-bond acceptors (Lipinski definition) is 5. The van der Waals surface area contributed by atoms with Crippen molar-refractivity contribution >= 4 is 5.91 Å². The van der Waals surface area contributed by atoms with Crippen molar-refractivity contribution in [1.82, 2.24) is 15.0 Å². The molecule has 6 nitrogen and oxygen atoms in total. The third-order valence-electron chi connectivity index (χ3n) is 4.78. The van der Waals surface area contributed by atoms with Gasteiger partial charge >= 0.3 is 0 Å². The lowest BCUT2D eigenvalue weighted by Gasteiger charge is -2.17. The Morgan fingerprint density at radius 3 is 2.59 bits per heavy atom. The fourth-order valence-electron chi connectivity index (χ4n) is 3.37. The van der Waals surface area contributed by atoms with Crippen LogP contribution < -0.4 is 4.74 Å². The number of carbonyl (C=O) groups excluding carboxylic acids is 1. The molecule has 0 saturated carbocycles. The van der Waals surface area contributed by atoms with Crippen molar-refractivity contribution in [1.29, 1.82) is 0 Å². The Kier molecular flexibility index (Phi) is 5.29. The smallest absolute Gasteiger partial charge is 0.257 e. The predicted octanol–water partition coefficient (Wildman–Crippen LogP) is 4.18. The van der Waals surface area contributed by atoms with E-state index in [9.17, 15) is 9.18 Å². The van der Waals surface area contributed by atoms with Crippen LogP contribution in [-0.2, 0) is 11.3 Å². The van der Waals surface area contributed by atoms with Crippen molar-refractivity contribution in [3.63, 3.8) is 0 Å². The van der Waals surface area contributed by atoms with E-state index in [-0.39, 0.29) is 23.7 Å². The normalized spacial score (nSPS) is 16.6. The monoisotopic (exact) mass is 395 g/mol. The van der Waals surface area contributed by atoms with Gasteiger partial charge in [0.15, 0.2) is 5.82 Å². The molecule has 0 aliphatic carbocycles. The Labute approximate surface area is 168 Å². The summed E-state index contributed by atoms with van der Waals surface area (Å²) in [6.45, 7) is 5.03. The largest absolute Gasteiger partial charge is 0.491 e. The second kappa shape index (κ2) is 8.03. The number of likely N-dealkylation sites (tertiary alicyclic amines) is 1. The maximum atomic E-state index is 13.1. The third-order valence-corrected chi connectivity index (χ3v) is 4.78. The first kappa shape index (κ1) is 19.1. The van der Waals surface area contributed by atoms with Gasteiger partial charge in [0.1, 0.15) is 11.6 Å². The molecule has 1 unspecified atom stereocenters. The van der Waals surface area contributed by atoms with Crippen molar-refractivity contribution in [2.24, 2.45) is 0 Å². The highest BCUT2D eigenvalue weighted by atomic mass is 19.1. The van der Waals surface area contributed by atoms with Crippen molar-refractivity contribution in [2.45, 2.75) is 38.8 Å². The first-order valence-corrected chi connectivity index (χ1v) is 9.61. The second-order valence-corrected chi connectivity index (χ2v) is 7.45. The molecule has 1 aromatic heterocycles. The number of amides is 1. The van der Waals surface area contributed by atoms with E-state index in [4.69, 9.17) is 9.26 Å². The van der Waals surface area contributed by atoms with Gasteiger partial charge in [-0.15, -0.1) is 0 Å². The van der Waals surface area contributed by atoms with E-state index in [0.29, 0.717) is 36.8 Å². The molecule has 1 atom stereocenters. The molecule has 3 aromatic rings. The number of carbonyl (C=O) groups is 1. The zero-order valence-corrected chi connectivity index (χ0v) is 16.3. The maximum Gasteiger partial charge on any atom is 0.257 e. The van der Waals surface area contributed by atoms with Crippen LogP contribution in [0.3, 0.4) is 0 Å². The summed E-state index contributed by atoms with van der Waals surface area (Å²) in [5.74, 6) is 1.26. The number of aromatic nitrogens is 2. The molecule has 150 valence electrons. The Morgan fingerprint density at radius 1 is 1.17 bits per heavy atom. The maximum absolute atomic E-state index is 13.1. The Bertz CT molecular complexity index is 983. The lowest BCUT2D eigenvalue weighted by molar-refractivity contribution is -0.128. The topological polar surface area (TPSA) is 68.5 Å². The summed E-state index contributed by atoms with van der Waals surface area (Å²) < 4.78 is 24.0. The molecule has 1 aliphatic rings. The van der Waals surface area contributed by atoms with Crippen molar-refractivity contribution in [3.8, 4) is 17.2 Å². The van der Waals surface area contributed by atoms with Crippen LogP contribution in [0.2, 0.25) is 0 Å². The highest BCUT2D eigenvalue weighted by Crippen LogP contribution is 2.29. The van der Waals surface area contributed by atoms with Gasteiger partial charge in [0.25, 0.3) is 5.89 Å². The minimum atomic E-state index is -0.325. The highest BCUT2D eigenvalue weighted by molar-refractivity contribution is 5.79. The van der Waals surface area contributed by atoms with E-state index in [1.807, 2.05) is 38.1 Å². The summed E-state index contributed by atoms with van der Waals surface area (Å²) >= 11 is 0. The summed E-state index contributed by atoms with van der Waals surface area (Å²) in [6.07, 6.45) is 0.466. The standard InChI is InChI=1S/C22H22FN3O3/c1-14(2)28-19-9-3-15(4-10-19)12-26-13-17(11-20(26)27)21-24-22(29-25-21)16-5-7-18(23)8-6-16/h3-10,14,17H,11-13H2,1-2H3. The van der Waals surface area contributed by atoms with Crippen LogP contribution in [0.15, 0.2) is 53.1 Å². The van der Waals surface area contributed by atoms with Gasteiger partial charge in [-0.25, -0.2) is 4.39 Å². The highest BCUT2D eigenvalue weighted by Gasteiger charge is 2.33. The first-order chi connectivity index (χ1) is 14.0. The quantitative estimate of drug-likeness (QED) is 0.626. The molecule has 1 saturated heterocycles. The Hall–Kier alpha value is -3.22. The summed E-state index contributed by atoms with van der Waals surface area (Å²) in [5.41, 5.74) is 1.69. The average molecular weight is 395 g/mol. The van der Waals surface area contributed by atoms with Gasteiger partial charge in [0.2, 0.25) is 5.91 Å². The molecule has 4 rings (SSSR count). The first-order valence-electron chi connectivity index (χ1n) is 9.61. The van der Waals surface area contributed by atoms with E-state index in [2.05, 4.69) is 10.1 Å². The second-order valence-electron chi connectivity index (χ2n) is 7.45. The van der Waals surface area contributed by atoms with Gasteiger partial charge in [-0.1, -0.05) is 17.3 Å². The molecule has 7 heteroatoms. The molecular formula is C22H22FN3O3. The molecule has 0 radical (unpaired) electrons. The van der Waals surface area contributed by atoms with E-state index >= 15 is 0 Å². The van der Waals surface area contributed by atoms with Crippen molar-refractivity contribution in [3.05, 3.63) is 65.7 Å². The molecular weight excluding hydrogens is 373 g/mol. The minimum absolute atomic E-state index is 0.0608. The number of ether oxygens (including phenoxy) is 1. The van der Waals surface area contributed by atoms with Crippen LogP contribution >= 0.6 is 0 Å². The molecule has 0 N–H and O–H groups in total. The molecule has 29 heavy (non-hydrogen) atoms. The third kappa shape index (κ3) is 4.45. The molecule has 1 aliphatic heterocycles. The van der Waals surface area contributed by atoms with E-state index < -0.39 is 0 Å². The number of benzene rings is 2. The Morgan fingerprint density at radius 2 is 1.90 bits per heavy atom. The fraction of sp³-hybridized carbons (Fsp3) is 0.318. The van der Waals surface area contributed by atoms with E-state index in [0.717, 1.165) is 11.3 Å². The summed E-state index contributed by atoms with van der Waals surface area (Å²) in [6, 6.07) is 13.6. The van der Waals surface area contributed by atoms with Crippen LogP contribution in [0.5, 0.6) is 5.75 Å². The van der Waals surface area contributed by atoms with Crippen LogP contribution in [0.4, 0.5) is 4.39 Å². The van der Waals surface area contributed by atoms with Crippen LogP contribution in [0.25, 0.3) is 11.5 Å². The Balaban J connectivity index is 1.41. The molecule has 2 heterocycles. The number of rotatable bonds is 6. The van der Waals surface area contributed by atoms with Gasteiger partial charge in [-0.3, -0.25) is 4.79 Å². The van der Waals surface area contributed by atoms with Crippen molar-refractivity contribution < 1.29 is 18.4 Å². The van der Waals surface area contributed by atoms with E-state index in [1.165, 1.54) is 12.1 Å². The van der Waals surface area contributed by atoms with Gasteiger partial charge in [0.05, 0.1) is 6.10 Å². The molecule has 0 spiro atoms. The summed E-state index contributed by atoms with van der Waals surface area (Å²) in [4.78, 5) is 18.7. The number of hydrogen-bond donors (Lipinski definition) is 0. The van der Waals surface area contributed by atoms with Gasteiger partial charge < -0.3 is 14.2 Å². The SMILES string of the molecule is CC(C)Oc1ccc(CN2CC(c3noc(-c4ccc(F)cc4)n3)CC2=O)cc1. The van der Waals surface area contributed by atoms with Gasteiger partial charge in [-0.05, 0) is 55.8 Å².